The molecule has 0 radical (unpaired) electrons. The maximum absolute atomic E-state index is 12.2. The molecule has 1 saturated heterocycles. The summed E-state index contributed by atoms with van der Waals surface area (Å²) < 4.78 is 5.07. The number of aryl methyl sites for hydroxylation is 1. The highest BCUT2D eigenvalue weighted by atomic mass is 16.5. The summed E-state index contributed by atoms with van der Waals surface area (Å²) in [5.41, 5.74) is 5.20. The van der Waals surface area contributed by atoms with E-state index in [0.29, 0.717) is 31.2 Å². The molecule has 1 aromatic heterocycles. The van der Waals surface area contributed by atoms with Gasteiger partial charge in [0, 0.05) is 25.9 Å². The molecular weight excluding hydrogens is 286 g/mol. The number of rotatable bonds is 7. The van der Waals surface area contributed by atoms with Gasteiger partial charge >= 0.3 is 0 Å². The van der Waals surface area contributed by atoms with E-state index < -0.39 is 0 Å². The normalized spacial score (nSPS) is 19.0. The number of nitrogens with two attached hydrogens (primary N) is 1. The van der Waals surface area contributed by atoms with E-state index >= 15 is 0 Å². The Labute approximate surface area is 129 Å². The zero-order chi connectivity index (χ0) is 15.9. The Balaban J connectivity index is 1.73. The SMILES string of the molecule is CCc1noc(CCNC(=O)C2CCCN(CC(N)=O)C2)n1. The van der Waals surface area contributed by atoms with Gasteiger partial charge in [0.1, 0.15) is 0 Å². The van der Waals surface area contributed by atoms with Crippen LogP contribution in [0.1, 0.15) is 31.5 Å². The first kappa shape index (κ1) is 16.4. The molecule has 0 saturated carbocycles. The van der Waals surface area contributed by atoms with Gasteiger partial charge in [0.15, 0.2) is 5.82 Å². The van der Waals surface area contributed by atoms with Crippen LogP contribution in [0.25, 0.3) is 0 Å². The molecule has 1 atom stereocenters. The molecule has 1 aromatic rings. The van der Waals surface area contributed by atoms with Crippen LogP contribution in [0, 0.1) is 5.92 Å². The molecule has 0 aliphatic carbocycles. The first-order chi connectivity index (χ1) is 10.6. The van der Waals surface area contributed by atoms with Crippen LogP contribution in [-0.4, -0.2) is 53.0 Å². The van der Waals surface area contributed by atoms with Gasteiger partial charge in [0.25, 0.3) is 0 Å². The number of carbonyl (C=O) groups is 2. The summed E-state index contributed by atoms with van der Waals surface area (Å²) in [6.45, 7) is 4.03. The molecule has 3 N–H and O–H groups in total. The number of nitrogens with one attached hydrogen (secondary N) is 1. The quantitative estimate of drug-likeness (QED) is 0.701. The number of amides is 2. The lowest BCUT2D eigenvalue weighted by Crippen LogP contribution is -2.46. The Morgan fingerprint density at radius 1 is 1.50 bits per heavy atom. The van der Waals surface area contributed by atoms with Crippen molar-refractivity contribution >= 4 is 11.8 Å². The minimum atomic E-state index is -0.357. The fraction of sp³-hybridized carbons (Fsp3) is 0.714. The number of nitrogens with zero attached hydrogens (tertiary/aromatic N) is 3. The number of hydrogen-bond donors (Lipinski definition) is 2. The average molecular weight is 309 g/mol. The monoisotopic (exact) mass is 309 g/mol. The lowest BCUT2D eigenvalue weighted by Gasteiger charge is -2.30. The van der Waals surface area contributed by atoms with Gasteiger partial charge in [0.05, 0.1) is 12.5 Å². The average Bonchev–Trinajstić information content (AvgIpc) is 2.94. The summed E-state index contributed by atoms with van der Waals surface area (Å²) in [7, 11) is 0. The minimum absolute atomic E-state index is 0.00407. The van der Waals surface area contributed by atoms with E-state index in [9.17, 15) is 9.59 Å². The van der Waals surface area contributed by atoms with E-state index in [0.717, 1.165) is 25.8 Å². The van der Waals surface area contributed by atoms with Gasteiger partial charge in [0.2, 0.25) is 17.7 Å². The second-order valence-corrected chi connectivity index (χ2v) is 5.54. The van der Waals surface area contributed by atoms with Crippen molar-refractivity contribution in [3.8, 4) is 0 Å². The molecule has 2 amide bonds. The lowest BCUT2D eigenvalue weighted by molar-refractivity contribution is -0.128. The van der Waals surface area contributed by atoms with Crippen LogP contribution in [0.5, 0.6) is 0 Å². The fourth-order valence-corrected chi connectivity index (χ4v) is 2.61. The number of likely N-dealkylation sites (tertiary alicyclic amines) is 1. The Hall–Kier alpha value is -1.96. The van der Waals surface area contributed by atoms with Gasteiger partial charge in [-0.25, -0.2) is 0 Å². The summed E-state index contributed by atoms with van der Waals surface area (Å²) in [5.74, 6) is 0.766. The molecule has 1 aliphatic heterocycles. The highest BCUT2D eigenvalue weighted by Crippen LogP contribution is 2.16. The second kappa shape index (κ2) is 7.88. The van der Waals surface area contributed by atoms with Gasteiger partial charge in [-0.05, 0) is 19.4 Å². The van der Waals surface area contributed by atoms with E-state index in [1.54, 1.807) is 0 Å². The number of carbonyl (C=O) groups excluding carboxylic acids is 2. The predicted octanol–water partition coefficient (Wildman–Crippen LogP) is -0.512. The first-order valence-corrected chi connectivity index (χ1v) is 7.68. The van der Waals surface area contributed by atoms with Gasteiger partial charge in [-0.3, -0.25) is 14.5 Å². The van der Waals surface area contributed by atoms with Crippen molar-refractivity contribution in [1.29, 1.82) is 0 Å². The van der Waals surface area contributed by atoms with Crippen molar-refractivity contribution < 1.29 is 14.1 Å². The molecule has 22 heavy (non-hydrogen) atoms. The van der Waals surface area contributed by atoms with Crippen LogP contribution in [-0.2, 0) is 22.4 Å². The van der Waals surface area contributed by atoms with E-state index in [4.69, 9.17) is 10.3 Å². The maximum Gasteiger partial charge on any atom is 0.231 e. The third-order valence-corrected chi connectivity index (χ3v) is 3.72. The number of piperidine rings is 1. The largest absolute Gasteiger partial charge is 0.369 e. The molecule has 0 bridgehead atoms. The van der Waals surface area contributed by atoms with Gasteiger partial charge < -0.3 is 15.6 Å². The third kappa shape index (κ3) is 4.80. The molecule has 8 heteroatoms. The van der Waals surface area contributed by atoms with Crippen LogP contribution in [0.4, 0.5) is 0 Å². The summed E-state index contributed by atoms with van der Waals surface area (Å²) >= 11 is 0. The maximum atomic E-state index is 12.2. The Morgan fingerprint density at radius 2 is 2.32 bits per heavy atom. The van der Waals surface area contributed by atoms with Crippen LogP contribution >= 0.6 is 0 Å². The smallest absolute Gasteiger partial charge is 0.231 e. The third-order valence-electron chi connectivity index (χ3n) is 3.72. The second-order valence-electron chi connectivity index (χ2n) is 5.54. The number of aromatic nitrogens is 2. The zero-order valence-electron chi connectivity index (χ0n) is 12.9. The molecule has 1 fully saturated rings. The molecular formula is C14H23N5O3. The van der Waals surface area contributed by atoms with Crippen LogP contribution in [0.2, 0.25) is 0 Å². The van der Waals surface area contributed by atoms with Crippen LogP contribution in [0.3, 0.4) is 0 Å². The van der Waals surface area contributed by atoms with Crippen molar-refractivity contribution in [2.75, 3.05) is 26.2 Å². The van der Waals surface area contributed by atoms with Crippen LogP contribution < -0.4 is 11.1 Å². The van der Waals surface area contributed by atoms with E-state index in [-0.39, 0.29) is 24.3 Å². The van der Waals surface area contributed by atoms with Gasteiger partial charge in [-0.2, -0.15) is 4.98 Å². The zero-order valence-corrected chi connectivity index (χ0v) is 12.9. The summed E-state index contributed by atoms with van der Waals surface area (Å²) in [6.07, 6.45) is 2.99. The van der Waals surface area contributed by atoms with Crippen molar-refractivity contribution in [3.63, 3.8) is 0 Å². The molecule has 0 spiro atoms. The predicted molar refractivity (Wildman–Crippen MR) is 78.7 cm³/mol. The molecule has 122 valence electrons. The highest BCUT2D eigenvalue weighted by Gasteiger charge is 2.26. The first-order valence-electron chi connectivity index (χ1n) is 7.68. The van der Waals surface area contributed by atoms with Crippen molar-refractivity contribution in [2.24, 2.45) is 11.7 Å². The van der Waals surface area contributed by atoms with E-state index in [1.807, 2.05) is 11.8 Å². The lowest BCUT2D eigenvalue weighted by atomic mass is 9.97. The van der Waals surface area contributed by atoms with Crippen LogP contribution in [0.15, 0.2) is 4.52 Å². The molecule has 8 nitrogen and oxygen atoms in total. The van der Waals surface area contributed by atoms with E-state index in [2.05, 4.69) is 15.5 Å². The summed E-state index contributed by atoms with van der Waals surface area (Å²) in [4.78, 5) is 29.2. The number of primary amides is 1. The van der Waals surface area contributed by atoms with E-state index in [1.165, 1.54) is 0 Å². The summed E-state index contributed by atoms with van der Waals surface area (Å²) in [5, 5.41) is 6.70. The number of hydrogen-bond acceptors (Lipinski definition) is 6. The summed E-state index contributed by atoms with van der Waals surface area (Å²) in [6, 6.07) is 0. The molecule has 1 unspecified atom stereocenters. The highest BCUT2D eigenvalue weighted by molar-refractivity contribution is 5.79. The van der Waals surface area contributed by atoms with Crippen molar-refractivity contribution in [3.05, 3.63) is 11.7 Å². The Bertz CT molecular complexity index is 516. The minimum Gasteiger partial charge on any atom is -0.369 e. The molecule has 1 aliphatic rings. The molecule has 2 heterocycles. The standard InChI is InChI=1S/C14H23N5O3/c1-2-12-17-13(22-18-12)5-6-16-14(21)10-4-3-7-19(8-10)9-11(15)20/h10H,2-9H2,1H3,(H2,15,20)(H,16,21). The van der Waals surface area contributed by atoms with Crippen molar-refractivity contribution in [1.82, 2.24) is 20.4 Å². The van der Waals surface area contributed by atoms with Gasteiger partial charge in [-0.15, -0.1) is 0 Å². The Morgan fingerprint density at radius 3 is 3.00 bits per heavy atom. The topological polar surface area (TPSA) is 114 Å². The molecule has 2 rings (SSSR count). The fourth-order valence-electron chi connectivity index (χ4n) is 2.61. The molecule has 0 aromatic carbocycles. The Kier molecular flexibility index (Phi) is 5.88. The van der Waals surface area contributed by atoms with Gasteiger partial charge in [-0.1, -0.05) is 12.1 Å². The van der Waals surface area contributed by atoms with Crippen molar-refractivity contribution in [2.45, 2.75) is 32.6 Å².